The molecule has 29 heavy (non-hydrogen) atoms. The summed E-state index contributed by atoms with van der Waals surface area (Å²) in [6, 6.07) is 17.8. The van der Waals surface area contributed by atoms with Crippen LogP contribution in [-0.4, -0.2) is 22.9 Å². The van der Waals surface area contributed by atoms with Crippen molar-refractivity contribution in [2.24, 2.45) is 0 Å². The largest absolute Gasteiger partial charge is 0.491 e. The van der Waals surface area contributed by atoms with Gasteiger partial charge in [0.25, 0.3) is 11.8 Å². The SMILES string of the molecule is CC(C)Oc1ccc(CNC(=O)c2cccc(NC(=O)c3cccnc3)c2)cc1. The Hall–Kier alpha value is -3.67. The first kappa shape index (κ1) is 20.1. The lowest BCUT2D eigenvalue weighted by Crippen LogP contribution is -2.23. The van der Waals surface area contributed by atoms with E-state index in [1.165, 1.54) is 6.20 Å². The van der Waals surface area contributed by atoms with E-state index in [1.54, 1.807) is 42.6 Å². The lowest BCUT2D eigenvalue weighted by molar-refractivity contribution is 0.0949. The third kappa shape index (κ3) is 5.90. The van der Waals surface area contributed by atoms with Crippen molar-refractivity contribution in [3.05, 3.63) is 89.7 Å². The van der Waals surface area contributed by atoms with Gasteiger partial charge in [-0.2, -0.15) is 0 Å². The molecule has 0 bridgehead atoms. The summed E-state index contributed by atoms with van der Waals surface area (Å²) in [5, 5.41) is 5.66. The number of nitrogens with one attached hydrogen (secondary N) is 2. The van der Waals surface area contributed by atoms with Crippen LogP contribution in [0.5, 0.6) is 5.75 Å². The minimum Gasteiger partial charge on any atom is -0.491 e. The highest BCUT2D eigenvalue weighted by molar-refractivity contribution is 6.04. The van der Waals surface area contributed by atoms with E-state index in [0.717, 1.165) is 11.3 Å². The number of amides is 2. The maximum Gasteiger partial charge on any atom is 0.257 e. The normalized spacial score (nSPS) is 10.4. The molecular weight excluding hydrogens is 366 g/mol. The second kappa shape index (κ2) is 9.50. The Morgan fingerprint density at radius 1 is 0.966 bits per heavy atom. The molecule has 1 heterocycles. The van der Waals surface area contributed by atoms with E-state index < -0.39 is 0 Å². The third-order valence-electron chi connectivity index (χ3n) is 4.05. The maximum atomic E-state index is 12.5. The molecule has 0 radical (unpaired) electrons. The fourth-order valence-corrected chi connectivity index (χ4v) is 2.68. The highest BCUT2D eigenvalue weighted by atomic mass is 16.5. The molecule has 148 valence electrons. The Labute approximate surface area is 169 Å². The van der Waals surface area contributed by atoms with Crippen molar-refractivity contribution in [1.82, 2.24) is 10.3 Å². The molecule has 0 saturated heterocycles. The van der Waals surface area contributed by atoms with E-state index in [2.05, 4.69) is 15.6 Å². The first-order chi connectivity index (χ1) is 14.0. The summed E-state index contributed by atoms with van der Waals surface area (Å²) < 4.78 is 5.62. The number of carbonyl (C=O) groups excluding carboxylic acids is 2. The monoisotopic (exact) mass is 389 g/mol. The van der Waals surface area contributed by atoms with Crippen LogP contribution in [0.4, 0.5) is 5.69 Å². The molecule has 2 aromatic carbocycles. The second-order valence-electron chi connectivity index (χ2n) is 6.77. The molecule has 3 aromatic rings. The van der Waals surface area contributed by atoms with Gasteiger partial charge in [-0.25, -0.2) is 0 Å². The first-order valence-electron chi connectivity index (χ1n) is 9.36. The summed E-state index contributed by atoms with van der Waals surface area (Å²) >= 11 is 0. The molecule has 0 saturated carbocycles. The molecule has 2 N–H and O–H groups in total. The zero-order valence-electron chi connectivity index (χ0n) is 16.4. The first-order valence-corrected chi connectivity index (χ1v) is 9.36. The van der Waals surface area contributed by atoms with E-state index in [0.29, 0.717) is 23.4 Å². The van der Waals surface area contributed by atoms with Crippen molar-refractivity contribution in [2.45, 2.75) is 26.5 Å². The maximum absolute atomic E-state index is 12.5. The van der Waals surface area contributed by atoms with Gasteiger partial charge in [-0.15, -0.1) is 0 Å². The van der Waals surface area contributed by atoms with Crippen LogP contribution < -0.4 is 15.4 Å². The smallest absolute Gasteiger partial charge is 0.257 e. The standard InChI is InChI=1S/C23H23N3O3/c1-16(2)29-21-10-8-17(9-11-21)14-25-22(27)18-5-3-7-20(13-18)26-23(28)19-6-4-12-24-15-19/h3-13,15-16H,14H2,1-2H3,(H,25,27)(H,26,28). The Morgan fingerprint density at radius 2 is 1.72 bits per heavy atom. The summed E-state index contributed by atoms with van der Waals surface area (Å²) in [6.45, 7) is 4.34. The third-order valence-corrected chi connectivity index (χ3v) is 4.05. The summed E-state index contributed by atoms with van der Waals surface area (Å²) in [4.78, 5) is 28.7. The van der Waals surface area contributed by atoms with Crippen LogP contribution in [-0.2, 0) is 6.54 Å². The van der Waals surface area contributed by atoms with Gasteiger partial charge in [-0.1, -0.05) is 18.2 Å². The van der Waals surface area contributed by atoms with Crippen LogP contribution in [0.3, 0.4) is 0 Å². The zero-order valence-corrected chi connectivity index (χ0v) is 16.4. The van der Waals surface area contributed by atoms with Gasteiger partial charge in [-0.05, 0) is 61.9 Å². The predicted octanol–water partition coefficient (Wildman–Crippen LogP) is 4.05. The minimum absolute atomic E-state index is 0.117. The van der Waals surface area contributed by atoms with E-state index >= 15 is 0 Å². The van der Waals surface area contributed by atoms with Gasteiger partial charge >= 0.3 is 0 Å². The zero-order chi connectivity index (χ0) is 20.6. The van der Waals surface area contributed by atoms with Crippen LogP contribution in [0.2, 0.25) is 0 Å². The highest BCUT2D eigenvalue weighted by Crippen LogP contribution is 2.15. The molecule has 0 unspecified atom stereocenters. The van der Waals surface area contributed by atoms with Gasteiger partial charge < -0.3 is 15.4 Å². The molecule has 0 aliphatic carbocycles. The number of carbonyl (C=O) groups is 2. The quantitative estimate of drug-likeness (QED) is 0.639. The van der Waals surface area contributed by atoms with E-state index in [9.17, 15) is 9.59 Å². The molecule has 2 amide bonds. The molecule has 3 rings (SSSR count). The Bertz CT molecular complexity index is 970. The average Bonchev–Trinajstić information content (AvgIpc) is 2.73. The second-order valence-corrected chi connectivity index (χ2v) is 6.77. The van der Waals surface area contributed by atoms with Gasteiger partial charge in [0.2, 0.25) is 0 Å². The summed E-state index contributed by atoms with van der Waals surface area (Å²) in [5.74, 6) is 0.302. The van der Waals surface area contributed by atoms with Crippen LogP contribution in [0, 0.1) is 0 Å². The number of pyridine rings is 1. The fraction of sp³-hybridized carbons (Fsp3) is 0.174. The number of ether oxygens (including phenoxy) is 1. The summed E-state index contributed by atoms with van der Waals surface area (Å²) in [6.07, 6.45) is 3.21. The molecule has 1 aromatic heterocycles. The number of benzene rings is 2. The van der Waals surface area contributed by atoms with Gasteiger partial charge in [0.15, 0.2) is 0 Å². The van der Waals surface area contributed by atoms with E-state index in [1.807, 2.05) is 38.1 Å². The van der Waals surface area contributed by atoms with Gasteiger partial charge in [0.1, 0.15) is 5.75 Å². The number of hydrogen-bond donors (Lipinski definition) is 2. The summed E-state index contributed by atoms with van der Waals surface area (Å²) in [5.41, 5.74) is 2.43. The number of rotatable bonds is 7. The van der Waals surface area contributed by atoms with Crippen LogP contribution >= 0.6 is 0 Å². The Balaban J connectivity index is 1.58. The van der Waals surface area contributed by atoms with Crippen molar-refractivity contribution < 1.29 is 14.3 Å². The van der Waals surface area contributed by atoms with Crippen LogP contribution in [0.25, 0.3) is 0 Å². The van der Waals surface area contributed by atoms with Crippen molar-refractivity contribution in [2.75, 3.05) is 5.32 Å². The molecular formula is C23H23N3O3. The fourth-order valence-electron chi connectivity index (χ4n) is 2.68. The average molecular weight is 389 g/mol. The Morgan fingerprint density at radius 3 is 2.41 bits per heavy atom. The van der Waals surface area contributed by atoms with Crippen LogP contribution in [0.1, 0.15) is 40.1 Å². The molecule has 0 fully saturated rings. The molecule has 6 nitrogen and oxygen atoms in total. The van der Waals surface area contributed by atoms with Gasteiger partial charge in [0.05, 0.1) is 11.7 Å². The van der Waals surface area contributed by atoms with Crippen molar-refractivity contribution in [1.29, 1.82) is 0 Å². The van der Waals surface area contributed by atoms with E-state index in [4.69, 9.17) is 4.74 Å². The molecule has 0 aliphatic rings. The number of hydrogen-bond acceptors (Lipinski definition) is 4. The lowest BCUT2D eigenvalue weighted by atomic mass is 10.1. The van der Waals surface area contributed by atoms with Gasteiger partial charge in [0, 0.05) is 30.2 Å². The van der Waals surface area contributed by atoms with Gasteiger partial charge in [-0.3, -0.25) is 14.6 Å². The number of nitrogens with zero attached hydrogens (tertiary/aromatic N) is 1. The molecule has 0 atom stereocenters. The Kier molecular flexibility index (Phi) is 6.58. The number of aromatic nitrogens is 1. The lowest BCUT2D eigenvalue weighted by Gasteiger charge is -2.11. The number of anilines is 1. The molecule has 6 heteroatoms. The van der Waals surface area contributed by atoms with E-state index in [-0.39, 0.29) is 17.9 Å². The predicted molar refractivity (Wildman–Crippen MR) is 112 cm³/mol. The van der Waals surface area contributed by atoms with Crippen LogP contribution in [0.15, 0.2) is 73.1 Å². The highest BCUT2D eigenvalue weighted by Gasteiger charge is 2.09. The minimum atomic E-state index is -0.278. The van der Waals surface area contributed by atoms with Crippen molar-refractivity contribution in [3.63, 3.8) is 0 Å². The van der Waals surface area contributed by atoms with Crippen molar-refractivity contribution in [3.8, 4) is 5.75 Å². The van der Waals surface area contributed by atoms with Crippen molar-refractivity contribution >= 4 is 17.5 Å². The topological polar surface area (TPSA) is 80.3 Å². The summed E-state index contributed by atoms with van der Waals surface area (Å²) in [7, 11) is 0. The molecule has 0 spiro atoms. The molecule has 0 aliphatic heterocycles.